The molecule has 10 heteroatoms. The SMILES string of the molecule is COC[C@H]1CN(c2ccc(Nc3ncc4sc(C(=O)N(C)C)c(C5CCCC5)c4n3)nc2)CCN1. The van der Waals surface area contributed by atoms with E-state index in [1.165, 1.54) is 24.2 Å². The molecule has 1 aliphatic heterocycles. The maximum Gasteiger partial charge on any atom is 0.263 e. The molecule has 186 valence electrons. The third-order valence-corrected chi connectivity index (χ3v) is 7.92. The predicted octanol–water partition coefficient (Wildman–Crippen LogP) is 3.61. The monoisotopic (exact) mass is 495 g/mol. The van der Waals surface area contributed by atoms with Gasteiger partial charge in [0.25, 0.3) is 5.91 Å². The molecule has 1 saturated heterocycles. The van der Waals surface area contributed by atoms with Crippen molar-refractivity contribution >= 4 is 44.9 Å². The van der Waals surface area contributed by atoms with Gasteiger partial charge in [-0.1, -0.05) is 12.8 Å². The van der Waals surface area contributed by atoms with Crippen molar-refractivity contribution in [3.8, 4) is 0 Å². The highest BCUT2D eigenvalue weighted by molar-refractivity contribution is 7.21. The summed E-state index contributed by atoms with van der Waals surface area (Å²) in [6.07, 6.45) is 8.32. The lowest BCUT2D eigenvalue weighted by Gasteiger charge is -2.34. The summed E-state index contributed by atoms with van der Waals surface area (Å²) >= 11 is 1.50. The molecule has 3 aromatic rings. The summed E-state index contributed by atoms with van der Waals surface area (Å²) in [6, 6.07) is 4.35. The van der Waals surface area contributed by atoms with Crippen molar-refractivity contribution in [1.82, 2.24) is 25.2 Å². The number of piperazine rings is 1. The second-order valence-corrected chi connectivity index (χ2v) is 10.6. The maximum absolute atomic E-state index is 12.9. The lowest BCUT2D eigenvalue weighted by molar-refractivity contribution is 0.0831. The van der Waals surface area contributed by atoms with Gasteiger partial charge in [0.05, 0.1) is 39.8 Å². The third kappa shape index (κ3) is 5.10. The van der Waals surface area contributed by atoms with Crippen LogP contribution in [-0.2, 0) is 4.74 Å². The molecule has 1 aliphatic carbocycles. The van der Waals surface area contributed by atoms with Crippen LogP contribution in [0.25, 0.3) is 10.2 Å². The Bertz CT molecular complexity index is 1170. The fourth-order valence-electron chi connectivity index (χ4n) is 5.06. The second kappa shape index (κ2) is 10.4. The highest BCUT2D eigenvalue weighted by Gasteiger charge is 2.29. The fourth-order valence-corrected chi connectivity index (χ4v) is 6.28. The quantitative estimate of drug-likeness (QED) is 0.513. The Morgan fingerprint density at radius 1 is 1.26 bits per heavy atom. The number of aromatic nitrogens is 3. The number of anilines is 3. The molecule has 9 nitrogen and oxygen atoms in total. The summed E-state index contributed by atoms with van der Waals surface area (Å²) in [5.41, 5.74) is 3.08. The van der Waals surface area contributed by atoms with Crippen LogP contribution in [0.2, 0.25) is 0 Å². The van der Waals surface area contributed by atoms with Gasteiger partial charge in [0.15, 0.2) is 0 Å². The van der Waals surface area contributed by atoms with E-state index in [1.54, 1.807) is 26.1 Å². The number of methoxy groups -OCH3 is 1. The van der Waals surface area contributed by atoms with Crippen LogP contribution in [-0.4, -0.2) is 79.2 Å². The standard InChI is InChI=1S/C25H33N7O2S/c1-31(2)24(33)23-21(16-6-4-5-7-16)22-19(35-23)13-28-25(30-22)29-20-9-8-18(12-27-20)32-11-10-26-17(14-32)15-34-3/h8-9,12-13,16-17,26H,4-7,10-11,14-15H2,1-3H3,(H,27,28,29,30)/t17-/m1/s1. The van der Waals surface area contributed by atoms with Gasteiger partial charge in [-0.05, 0) is 30.9 Å². The van der Waals surface area contributed by atoms with Gasteiger partial charge in [-0.3, -0.25) is 4.79 Å². The lowest BCUT2D eigenvalue weighted by Crippen LogP contribution is -2.52. The maximum atomic E-state index is 12.9. The number of amides is 1. The van der Waals surface area contributed by atoms with Crippen LogP contribution < -0.4 is 15.5 Å². The van der Waals surface area contributed by atoms with Gasteiger partial charge >= 0.3 is 0 Å². The van der Waals surface area contributed by atoms with E-state index in [0.29, 0.717) is 30.3 Å². The summed E-state index contributed by atoms with van der Waals surface area (Å²) in [5, 5.41) is 6.74. The number of nitrogens with zero attached hydrogens (tertiary/aromatic N) is 5. The lowest BCUT2D eigenvalue weighted by atomic mass is 9.96. The number of carbonyl (C=O) groups excluding carboxylic acids is 1. The molecule has 4 heterocycles. The molecule has 0 radical (unpaired) electrons. The number of fused-ring (bicyclic) bond motifs is 1. The Hall–Kier alpha value is -2.82. The van der Waals surface area contributed by atoms with Crippen molar-refractivity contribution in [2.24, 2.45) is 0 Å². The average Bonchev–Trinajstić information content (AvgIpc) is 3.52. The molecule has 2 N–H and O–H groups in total. The Labute approximate surface area is 209 Å². The fraction of sp³-hybridized carbons (Fsp3) is 0.520. The van der Waals surface area contributed by atoms with Crippen LogP contribution in [0.5, 0.6) is 0 Å². The minimum Gasteiger partial charge on any atom is -0.383 e. The number of rotatable bonds is 7. The van der Waals surface area contributed by atoms with Gasteiger partial charge in [0, 0.05) is 52.4 Å². The average molecular weight is 496 g/mol. The van der Waals surface area contributed by atoms with Crippen LogP contribution in [0.3, 0.4) is 0 Å². The molecule has 1 saturated carbocycles. The number of carbonyl (C=O) groups is 1. The summed E-state index contributed by atoms with van der Waals surface area (Å²) in [7, 11) is 5.34. The van der Waals surface area contributed by atoms with Gasteiger partial charge in [-0.15, -0.1) is 11.3 Å². The topological polar surface area (TPSA) is 95.5 Å². The third-order valence-electron chi connectivity index (χ3n) is 6.81. The van der Waals surface area contributed by atoms with Crippen molar-refractivity contribution in [2.45, 2.75) is 37.6 Å². The number of nitrogens with one attached hydrogen (secondary N) is 2. The summed E-state index contributed by atoms with van der Waals surface area (Å²) in [5.74, 6) is 1.62. The first-order valence-corrected chi connectivity index (χ1v) is 13.1. The highest BCUT2D eigenvalue weighted by atomic mass is 32.1. The van der Waals surface area contributed by atoms with Gasteiger partial charge in [0.1, 0.15) is 5.82 Å². The zero-order chi connectivity index (χ0) is 24.4. The van der Waals surface area contributed by atoms with Crippen molar-refractivity contribution < 1.29 is 9.53 Å². The summed E-state index contributed by atoms with van der Waals surface area (Å²) < 4.78 is 6.25. The van der Waals surface area contributed by atoms with E-state index in [0.717, 1.165) is 58.8 Å². The van der Waals surface area contributed by atoms with Crippen molar-refractivity contribution in [2.75, 3.05) is 57.7 Å². The molecule has 1 amide bonds. The Morgan fingerprint density at radius 2 is 2.09 bits per heavy atom. The highest BCUT2D eigenvalue weighted by Crippen LogP contribution is 2.43. The number of pyridine rings is 1. The van der Waals surface area contributed by atoms with E-state index in [1.807, 2.05) is 18.5 Å². The van der Waals surface area contributed by atoms with E-state index < -0.39 is 0 Å². The van der Waals surface area contributed by atoms with Crippen LogP contribution in [0.4, 0.5) is 17.5 Å². The van der Waals surface area contributed by atoms with Crippen molar-refractivity contribution in [1.29, 1.82) is 0 Å². The van der Waals surface area contributed by atoms with Crippen LogP contribution in [0.1, 0.15) is 46.8 Å². The Kier molecular flexibility index (Phi) is 7.12. The molecule has 0 unspecified atom stereocenters. The zero-order valence-corrected chi connectivity index (χ0v) is 21.4. The first-order chi connectivity index (χ1) is 17.0. The molecule has 0 spiro atoms. The molecule has 2 aliphatic rings. The summed E-state index contributed by atoms with van der Waals surface area (Å²) in [4.78, 5) is 31.7. The number of ether oxygens (including phenoxy) is 1. The van der Waals surface area contributed by atoms with Crippen molar-refractivity contribution in [3.63, 3.8) is 0 Å². The summed E-state index contributed by atoms with van der Waals surface area (Å²) in [6.45, 7) is 3.43. The molecular weight excluding hydrogens is 462 g/mol. The molecule has 0 aromatic carbocycles. The van der Waals surface area contributed by atoms with Crippen LogP contribution >= 0.6 is 11.3 Å². The molecule has 5 rings (SSSR count). The predicted molar refractivity (Wildman–Crippen MR) is 140 cm³/mol. The van der Waals surface area contributed by atoms with Gasteiger partial charge in [0.2, 0.25) is 5.95 Å². The molecule has 0 bridgehead atoms. The van der Waals surface area contributed by atoms with Crippen LogP contribution in [0.15, 0.2) is 24.5 Å². The van der Waals surface area contributed by atoms with Crippen molar-refractivity contribution in [3.05, 3.63) is 35.0 Å². The molecule has 1 atom stereocenters. The van der Waals surface area contributed by atoms with E-state index >= 15 is 0 Å². The van der Waals surface area contributed by atoms with Gasteiger partial charge in [-0.2, -0.15) is 0 Å². The van der Waals surface area contributed by atoms with E-state index in [9.17, 15) is 4.79 Å². The van der Waals surface area contributed by atoms with E-state index in [4.69, 9.17) is 9.72 Å². The second-order valence-electron chi connectivity index (χ2n) is 9.51. The molecule has 2 fully saturated rings. The molecular formula is C25H33N7O2S. The van der Waals surface area contributed by atoms with Gasteiger partial charge < -0.3 is 25.2 Å². The largest absolute Gasteiger partial charge is 0.383 e. The van der Waals surface area contributed by atoms with Gasteiger partial charge in [-0.25, -0.2) is 15.0 Å². The number of hydrogen-bond acceptors (Lipinski definition) is 9. The first-order valence-electron chi connectivity index (χ1n) is 12.2. The molecule has 35 heavy (non-hydrogen) atoms. The Balaban J connectivity index is 1.37. The normalized spacial score (nSPS) is 18.8. The van der Waals surface area contributed by atoms with Crippen LogP contribution in [0, 0.1) is 0 Å². The number of hydrogen-bond donors (Lipinski definition) is 2. The minimum absolute atomic E-state index is 0.0438. The first kappa shape index (κ1) is 23.9. The number of thiophene rings is 1. The zero-order valence-electron chi connectivity index (χ0n) is 20.6. The minimum atomic E-state index is 0.0438. The Morgan fingerprint density at radius 3 is 2.80 bits per heavy atom. The smallest absolute Gasteiger partial charge is 0.263 e. The molecule has 3 aromatic heterocycles. The van der Waals surface area contributed by atoms with E-state index in [2.05, 4.69) is 31.6 Å². The van der Waals surface area contributed by atoms with E-state index in [-0.39, 0.29) is 5.91 Å².